The van der Waals surface area contributed by atoms with E-state index in [0.29, 0.717) is 24.1 Å². The first-order chi connectivity index (χ1) is 14.9. The van der Waals surface area contributed by atoms with E-state index in [1.54, 1.807) is 6.07 Å². The topological polar surface area (TPSA) is 38.7 Å². The number of hydrogen-bond acceptors (Lipinski definition) is 3. The van der Waals surface area contributed by atoms with Crippen LogP contribution >= 0.6 is 0 Å². The van der Waals surface area contributed by atoms with E-state index in [4.69, 9.17) is 9.47 Å². The molecule has 3 rings (SSSR count). The van der Waals surface area contributed by atoms with Crippen molar-refractivity contribution in [1.29, 1.82) is 0 Å². The summed E-state index contributed by atoms with van der Waals surface area (Å²) in [6, 6.07) is 6.75. The molecule has 32 heavy (non-hydrogen) atoms. The van der Waals surface area contributed by atoms with E-state index in [-0.39, 0.29) is 24.8 Å². The average molecular weight is 466 g/mol. The molecule has 1 unspecified atom stereocenters. The van der Waals surface area contributed by atoms with Crippen LogP contribution in [0.5, 0.6) is 0 Å². The lowest BCUT2D eigenvalue weighted by Crippen LogP contribution is -2.38. The number of alkyl halides is 6. The molecule has 0 radical (unpaired) electrons. The van der Waals surface area contributed by atoms with E-state index in [9.17, 15) is 35.8 Å². The van der Waals surface area contributed by atoms with Crippen molar-refractivity contribution in [2.45, 2.75) is 44.0 Å². The van der Waals surface area contributed by atoms with Crippen LogP contribution in [0.25, 0.3) is 0 Å². The maximum absolute atomic E-state index is 13.8. The van der Waals surface area contributed by atoms with Gasteiger partial charge in [0, 0.05) is 12.5 Å². The lowest BCUT2D eigenvalue weighted by Gasteiger charge is -2.38. The molecule has 176 valence electrons. The molecule has 1 heterocycles. The van der Waals surface area contributed by atoms with Crippen LogP contribution in [0.2, 0.25) is 0 Å². The normalized spacial score (nSPS) is 23.2. The Kier molecular flexibility index (Phi) is 7.16. The number of aliphatic hydroxyl groups is 1. The fourth-order valence-electron chi connectivity index (χ4n) is 3.81. The van der Waals surface area contributed by atoms with E-state index >= 15 is 0 Å². The lowest BCUT2D eigenvalue weighted by atomic mass is 9.82. The Labute approximate surface area is 179 Å². The first-order valence-corrected chi connectivity index (χ1v) is 9.83. The fourth-order valence-corrected chi connectivity index (χ4v) is 3.81. The van der Waals surface area contributed by atoms with Gasteiger partial charge in [-0.3, -0.25) is 0 Å². The van der Waals surface area contributed by atoms with E-state index < -0.39 is 53.5 Å². The van der Waals surface area contributed by atoms with E-state index in [0.717, 1.165) is 0 Å². The summed E-state index contributed by atoms with van der Waals surface area (Å²) in [6.45, 7) is 1.19. The molecule has 4 atom stereocenters. The van der Waals surface area contributed by atoms with Crippen LogP contribution in [-0.2, 0) is 21.8 Å². The van der Waals surface area contributed by atoms with Gasteiger partial charge in [-0.1, -0.05) is 12.1 Å². The number of hydrogen-bond donors (Lipinski definition) is 1. The van der Waals surface area contributed by atoms with Gasteiger partial charge < -0.3 is 14.6 Å². The third-order valence-corrected chi connectivity index (χ3v) is 5.46. The Bertz CT molecular complexity index is 894. The third kappa shape index (κ3) is 5.60. The number of halogens is 7. The molecular formula is C22H21F7O3. The first-order valence-electron chi connectivity index (χ1n) is 9.83. The van der Waals surface area contributed by atoms with Gasteiger partial charge in [0.2, 0.25) is 0 Å². The SMILES string of the molecule is CC(O[C@H]1OCC[C@@H](CO)[C@@H]1c1cccc(F)c1)c1cc(C(F)(F)F)cc(C(F)(F)F)c1. The zero-order valence-electron chi connectivity index (χ0n) is 16.9. The molecule has 1 aliphatic rings. The second kappa shape index (κ2) is 9.36. The quantitative estimate of drug-likeness (QED) is 0.543. The van der Waals surface area contributed by atoms with E-state index in [2.05, 4.69) is 0 Å². The first kappa shape index (κ1) is 24.5. The van der Waals surface area contributed by atoms with Gasteiger partial charge in [-0.15, -0.1) is 0 Å². The number of aliphatic hydroxyl groups excluding tert-OH is 1. The van der Waals surface area contributed by atoms with Gasteiger partial charge in [0.25, 0.3) is 0 Å². The Morgan fingerprint density at radius 1 is 1.03 bits per heavy atom. The predicted octanol–water partition coefficient (Wildman–Crippen LogP) is 6.08. The van der Waals surface area contributed by atoms with Crippen molar-refractivity contribution >= 4 is 0 Å². The minimum Gasteiger partial charge on any atom is -0.396 e. The molecule has 1 aliphatic heterocycles. The van der Waals surface area contributed by atoms with Crippen LogP contribution in [0, 0.1) is 11.7 Å². The minimum atomic E-state index is -4.98. The largest absolute Gasteiger partial charge is 0.416 e. The summed E-state index contributed by atoms with van der Waals surface area (Å²) in [5.74, 6) is -1.60. The highest BCUT2D eigenvalue weighted by atomic mass is 19.4. The van der Waals surface area contributed by atoms with Crippen molar-refractivity contribution < 1.29 is 45.3 Å². The molecule has 0 aromatic heterocycles. The zero-order valence-corrected chi connectivity index (χ0v) is 16.9. The second-order valence-electron chi connectivity index (χ2n) is 7.67. The zero-order chi connectivity index (χ0) is 23.7. The molecule has 0 aliphatic carbocycles. The molecule has 2 aromatic carbocycles. The average Bonchev–Trinajstić information content (AvgIpc) is 2.72. The van der Waals surface area contributed by atoms with Gasteiger partial charge in [-0.05, 0) is 60.7 Å². The standard InChI is InChI=1S/C22H21F7O3/c1-12(15-7-16(21(24,25)26)10-17(8-15)22(27,28)29)32-20-19(14(11-30)5-6-31-20)13-3-2-4-18(23)9-13/h2-4,7-10,12,14,19-20,30H,5-6,11H2,1H3/t12?,14-,19-,20+/m0/s1. The van der Waals surface area contributed by atoms with Crippen LogP contribution in [0.15, 0.2) is 42.5 Å². The molecule has 2 aromatic rings. The van der Waals surface area contributed by atoms with Crippen molar-refractivity contribution in [1.82, 2.24) is 0 Å². The summed E-state index contributed by atoms with van der Waals surface area (Å²) < 4.78 is 104. The lowest BCUT2D eigenvalue weighted by molar-refractivity contribution is -0.212. The van der Waals surface area contributed by atoms with Crippen molar-refractivity contribution in [3.63, 3.8) is 0 Å². The molecule has 1 saturated heterocycles. The Morgan fingerprint density at radius 2 is 1.66 bits per heavy atom. The molecular weight excluding hydrogens is 445 g/mol. The van der Waals surface area contributed by atoms with Crippen LogP contribution in [0.4, 0.5) is 30.7 Å². The highest BCUT2D eigenvalue weighted by Gasteiger charge is 2.39. The molecule has 10 heteroatoms. The number of ether oxygens (including phenoxy) is 2. The molecule has 0 saturated carbocycles. The van der Waals surface area contributed by atoms with Gasteiger partial charge in [0.1, 0.15) is 5.82 Å². The molecule has 0 bridgehead atoms. The summed E-state index contributed by atoms with van der Waals surface area (Å²) in [5, 5.41) is 9.76. The Morgan fingerprint density at radius 3 is 2.19 bits per heavy atom. The highest BCUT2D eigenvalue weighted by molar-refractivity contribution is 5.34. The molecule has 1 N–H and O–H groups in total. The van der Waals surface area contributed by atoms with Crippen LogP contribution < -0.4 is 0 Å². The van der Waals surface area contributed by atoms with Crippen molar-refractivity contribution in [3.05, 3.63) is 70.5 Å². The monoisotopic (exact) mass is 466 g/mol. The molecule has 0 spiro atoms. The van der Waals surface area contributed by atoms with E-state index in [1.165, 1.54) is 25.1 Å². The van der Waals surface area contributed by atoms with Gasteiger partial charge in [-0.25, -0.2) is 4.39 Å². The van der Waals surface area contributed by atoms with E-state index in [1.807, 2.05) is 0 Å². The summed E-state index contributed by atoms with van der Waals surface area (Å²) in [4.78, 5) is 0. The van der Waals surface area contributed by atoms with Gasteiger partial charge in [-0.2, -0.15) is 26.3 Å². The Balaban J connectivity index is 1.94. The summed E-state index contributed by atoms with van der Waals surface area (Å²) in [7, 11) is 0. The Hall–Kier alpha value is -2.17. The van der Waals surface area contributed by atoms with Gasteiger partial charge in [0.15, 0.2) is 6.29 Å². The smallest absolute Gasteiger partial charge is 0.396 e. The number of benzene rings is 2. The van der Waals surface area contributed by atoms with Crippen molar-refractivity contribution in [3.8, 4) is 0 Å². The van der Waals surface area contributed by atoms with Gasteiger partial charge in [0.05, 0.1) is 23.8 Å². The summed E-state index contributed by atoms with van der Waals surface area (Å²) >= 11 is 0. The third-order valence-electron chi connectivity index (χ3n) is 5.46. The number of rotatable bonds is 5. The minimum absolute atomic E-state index is 0.0463. The fraction of sp³-hybridized carbons (Fsp3) is 0.455. The molecule has 0 amide bonds. The maximum atomic E-state index is 13.8. The van der Waals surface area contributed by atoms with Crippen molar-refractivity contribution in [2.24, 2.45) is 5.92 Å². The molecule has 3 nitrogen and oxygen atoms in total. The van der Waals surface area contributed by atoms with Crippen molar-refractivity contribution in [2.75, 3.05) is 13.2 Å². The van der Waals surface area contributed by atoms with Gasteiger partial charge >= 0.3 is 12.4 Å². The second-order valence-corrected chi connectivity index (χ2v) is 7.67. The molecule has 1 fully saturated rings. The van der Waals surface area contributed by atoms with Crippen LogP contribution in [0.1, 0.15) is 47.6 Å². The predicted molar refractivity (Wildman–Crippen MR) is 100 cm³/mol. The van der Waals surface area contributed by atoms with Crippen LogP contribution in [-0.4, -0.2) is 24.6 Å². The highest BCUT2D eigenvalue weighted by Crippen LogP contribution is 2.41. The maximum Gasteiger partial charge on any atom is 0.416 e. The summed E-state index contributed by atoms with van der Waals surface area (Å²) in [5.41, 5.74) is -2.78. The van der Waals surface area contributed by atoms with Crippen LogP contribution in [0.3, 0.4) is 0 Å². The summed E-state index contributed by atoms with van der Waals surface area (Å²) in [6.07, 6.45) is -11.9.